The maximum Gasteiger partial charge on any atom is 0.0700 e. The molecule has 0 heterocycles. The van der Waals surface area contributed by atoms with Crippen LogP contribution in [0.3, 0.4) is 0 Å². The first-order valence-corrected chi connectivity index (χ1v) is 7.91. The number of hydrogen-bond acceptors (Lipinski definition) is 3. The Bertz CT molecular complexity index is 206. The quantitative estimate of drug-likeness (QED) is 0.544. The standard InChI is InChI=1S/C13H25NOS/c1-16-13-11-9-7-5-3-2-4-6-8-10-12(13)14-15/h13,15H,2-11H2,1H3/b14-12+. The molecular formula is C13H25NOS. The molecule has 2 nitrogen and oxygen atoms in total. The van der Waals surface area contributed by atoms with Crippen molar-refractivity contribution in [2.24, 2.45) is 5.16 Å². The van der Waals surface area contributed by atoms with Gasteiger partial charge in [0.05, 0.1) is 5.71 Å². The van der Waals surface area contributed by atoms with Crippen LogP contribution in [0.15, 0.2) is 5.16 Å². The monoisotopic (exact) mass is 243 g/mol. The van der Waals surface area contributed by atoms with Crippen LogP contribution in [0, 0.1) is 0 Å². The molecule has 0 aliphatic heterocycles. The van der Waals surface area contributed by atoms with Crippen molar-refractivity contribution in [3.63, 3.8) is 0 Å². The first kappa shape index (κ1) is 13.9. The molecular weight excluding hydrogens is 218 g/mol. The van der Waals surface area contributed by atoms with Crippen LogP contribution in [-0.2, 0) is 0 Å². The first-order chi connectivity index (χ1) is 7.88. The van der Waals surface area contributed by atoms with Gasteiger partial charge in [-0.25, -0.2) is 0 Å². The Morgan fingerprint density at radius 1 is 1.00 bits per heavy atom. The van der Waals surface area contributed by atoms with Gasteiger partial charge in [0.15, 0.2) is 0 Å². The second-order valence-electron chi connectivity index (χ2n) is 4.68. The summed E-state index contributed by atoms with van der Waals surface area (Å²) in [5.74, 6) is 0. The predicted octanol–water partition coefficient (Wildman–Crippen LogP) is 4.46. The van der Waals surface area contributed by atoms with Crippen molar-refractivity contribution in [1.29, 1.82) is 0 Å². The molecule has 0 bridgehead atoms. The van der Waals surface area contributed by atoms with Gasteiger partial charge in [-0.1, -0.05) is 50.1 Å². The smallest absolute Gasteiger partial charge is 0.0700 e. The van der Waals surface area contributed by atoms with E-state index < -0.39 is 0 Å². The molecule has 1 fully saturated rings. The van der Waals surface area contributed by atoms with Gasteiger partial charge in [0.25, 0.3) is 0 Å². The summed E-state index contributed by atoms with van der Waals surface area (Å²) in [5, 5.41) is 13.0. The average Bonchev–Trinajstić information content (AvgIpc) is 2.30. The van der Waals surface area contributed by atoms with Crippen LogP contribution in [0.4, 0.5) is 0 Å². The molecule has 1 saturated carbocycles. The highest BCUT2D eigenvalue weighted by Crippen LogP contribution is 2.22. The lowest BCUT2D eigenvalue weighted by Gasteiger charge is -2.16. The number of hydrogen-bond donors (Lipinski definition) is 1. The number of nitrogens with zero attached hydrogens (tertiary/aromatic N) is 1. The molecule has 0 aromatic rings. The molecule has 0 radical (unpaired) electrons. The zero-order valence-electron chi connectivity index (χ0n) is 10.5. The highest BCUT2D eigenvalue weighted by Gasteiger charge is 2.15. The first-order valence-electron chi connectivity index (χ1n) is 6.62. The fourth-order valence-corrected chi connectivity index (χ4v) is 3.23. The van der Waals surface area contributed by atoms with Gasteiger partial charge in [-0.15, -0.1) is 0 Å². The normalized spacial score (nSPS) is 28.3. The van der Waals surface area contributed by atoms with Crippen molar-refractivity contribution in [1.82, 2.24) is 0 Å². The fraction of sp³-hybridized carbons (Fsp3) is 0.923. The molecule has 1 atom stereocenters. The minimum atomic E-state index is 0.449. The molecule has 0 aromatic heterocycles. The lowest BCUT2D eigenvalue weighted by molar-refractivity contribution is 0.315. The zero-order valence-corrected chi connectivity index (χ0v) is 11.3. The van der Waals surface area contributed by atoms with Gasteiger partial charge in [-0.05, 0) is 25.5 Å². The molecule has 1 rings (SSSR count). The lowest BCUT2D eigenvalue weighted by Crippen LogP contribution is -2.17. The fourth-order valence-electron chi connectivity index (χ4n) is 2.39. The lowest BCUT2D eigenvalue weighted by atomic mass is 10.00. The second-order valence-corrected chi connectivity index (χ2v) is 5.72. The van der Waals surface area contributed by atoms with Gasteiger partial charge in [0.2, 0.25) is 0 Å². The van der Waals surface area contributed by atoms with Crippen molar-refractivity contribution in [2.75, 3.05) is 6.26 Å². The Kier molecular flexibility index (Phi) is 7.73. The minimum Gasteiger partial charge on any atom is -0.411 e. The maximum atomic E-state index is 9.07. The van der Waals surface area contributed by atoms with Gasteiger partial charge in [0, 0.05) is 5.25 Å². The second kappa shape index (κ2) is 8.91. The van der Waals surface area contributed by atoms with Crippen LogP contribution in [0.2, 0.25) is 0 Å². The van der Waals surface area contributed by atoms with Crippen molar-refractivity contribution >= 4 is 17.5 Å². The molecule has 0 spiro atoms. The number of thioether (sulfide) groups is 1. The van der Waals surface area contributed by atoms with E-state index in [1.807, 2.05) is 11.8 Å². The summed E-state index contributed by atoms with van der Waals surface area (Å²) in [6.07, 6.45) is 14.9. The number of oxime groups is 1. The molecule has 0 aromatic carbocycles. The third-order valence-corrected chi connectivity index (χ3v) is 4.51. The predicted molar refractivity (Wildman–Crippen MR) is 72.7 cm³/mol. The Hall–Kier alpha value is -0.180. The van der Waals surface area contributed by atoms with Crippen LogP contribution < -0.4 is 0 Å². The molecule has 16 heavy (non-hydrogen) atoms. The summed E-state index contributed by atoms with van der Waals surface area (Å²) in [4.78, 5) is 0. The molecule has 1 aliphatic carbocycles. The maximum absolute atomic E-state index is 9.07. The van der Waals surface area contributed by atoms with Crippen molar-refractivity contribution in [3.8, 4) is 0 Å². The Balaban J connectivity index is 2.45. The van der Waals surface area contributed by atoms with Gasteiger partial charge in [-0.2, -0.15) is 11.8 Å². The van der Waals surface area contributed by atoms with Crippen molar-refractivity contribution < 1.29 is 5.21 Å². The van der Waals surface area contributed by atoms with Gasteiger partial charge < -0.3 is 5.21 Å². The van der Waals surface area contributed by atoms with E-state index in [0.717, 1.165) is 12.1 Å². The van der Waals surface area contributed by atoms with E-state index >= 15 is 0 Å². The van der Waals surface area contributed by atoms with Crippen LogP contribution in [-0.4, -0.2) is 22.4 Å². The van der Waals surface area contributed by atoms with Gasteiger partial charge in [0.1, 0.15) is 0 Å². The summed E-state index contributed by atoms with van der Waals surface area (Å²) in [5.41, 5.74) is 1.02. The van der Waals surface area contributed by atoms with Crippen LogP contribution in [0.1, 0.15) is 64.2 Å². The highest BCUT2D eigenvalue weighted by molar-refractivity contribution is 7.99. The summed E-state index contributed by atoms with van der Waals surface area (Å²) < 4.78 is 0. The Labute approximate surface area is 104 Å². The van der Waals surface area contributed by atoms with Crippen molar-refractivity contribution in [3.05, 3.63) is 0 Å². The molecule has 1 aliphatic rings. The topological polar surface area (TPSA) is 32.6 Å². The van der Waals surface area contributed by atoms with Crippen LogP contribution >= 0.6 is 11.8 Å². The molecule has 0 saturated heterocycles. The van der Waals surface area contributed by atoms with Gasteiger partial charge in [-0.3, -0.25) is 0 Å². The number of rotatable bonds is 1. The van der Waals surface area contributed by atoms with Gasteiger partial charge >= 0.3 is 0 Å². The molecule has 1 unspecified atom stereocenters. The zero-order chi connectivity index (χ0) is 11.6. The summed E-state index contributed by atoms with van der Waals surface area (Å²) in [6.45, 7) is 0. The highest BCUT2D eigenvalue weighted by atomic mass is 32.2. The molecule has 1 N–H and O–H groups in total. The summed E-state index contributed by atoms with van der Waals surface area (Å²) in [6, 6.07) is 0. The van der Waals surface area contributed by atoms with Crippen LogP contribution in [0.25, 0.3) is 0 Å². The van der Waals surface area contributed by atoms with Crippen molar-refractivity contribution in [2.45, 2.75) is 69.5 Å². The van der Waals surface area contributed by atoms with E-state index in [0.29, 0.717) is 5.25 Å². The molecule has 3 heteroatoms. The van der Waals surface area contributed by atoms with E-state index in [9.17, 15) is 0 Å². The average molecular weight is 243 g/mol. The van der Waals surface area contributed by atoms with E-state index in [2.05, 4.69) is 11.4 Å². The summed E-state index contributed by atoms with van der Waals surface area (Å²) in [7, 11) is 0. The largest absolute Gasteiger partial charge is 0.411 e. The summed E-state index contributed by atoms with van der Waals surface area (Å²) >= 11 is 1.84. The molecule has 0 amide bonds. The van der Waals surface area contributed by atoms with E-state index in [1.165, 1.54) is 57.8 Å². The third-order valence-electron chi connectivity index (χ3n) is 3.43. The minimum absolute atomic E-state index is 0.449. The van der Waals surface area contributed by atoms with E-state index in [4.69, 9.17) is 5.21 Å². The Morgan fingerprint density at radius 3 is 2.12 bits per heavy atom. The molecule has 94 valence electrons. The van der Waals surface area contributed by atoms with E-state index in [1.54, 1.807) is 0 Å². The third kappa shape index (κ3) is 5.24. The van der Waals surface area contributed by atoms with Crippen LogP contribution in [0.5, 0.6) is 0 Å². The van der Waals surface area contributed by atoms with E-state index in [-0.39, 0.29) is 0 Å². The Morgan fingerprint density at radius 2 is 1.56 bits per heavy atom. The SMILES string of the molecule is CSC1CCCCCCCCCC/C1=N\O.